The van der Waals surface area contributed by atoms with Gasteiger partial charge in [0.15, 0.2) is 6.29 Å². The van der Waals surface area contributed by atoms with Gasteiger partial charge in [-0.3, -0.25) is 0 Å². The molecule has 2 aromatic rings. The van der Waals surface area contributed by atoms with Crippen LogP contribution in [0.5, 0.6) is 5.75 Å². The first kappa shape index (κ1) is 23.2. The van der Waals surface area contributed by atoms with Crippen LogP contribution in [0.1, 0.15) is 48.7 Å². The summed E-state index contributed by atoms with van der Waals surface area (Å²) in [6.45, 7) is 0.562. The number of piperidine rings is 1. The minimum absolute atomic E-state index is 0.0184. The number of alkyl halides is 6. The SMILES string of the molecule is FC(F)(F)c1ccc(N2[C@@H]3CC[C@H]2CC(Oc2ccc(C(F)(F)F)cc2C2OCCO2)C3)nc1. The lowest BCUT2D eigenvalue weighted by Crippen LogP contribution is -2.47. The Hall–Kier alpha value is -2.53. The molecule has 0 amide bonds. The minimum atomic E-state index is -4.51. The van der Waals surface area contributed by atoms with Crippen LogP contribution >= 0.6 is 0 Å². The number of ether oxygens (including phenoxy) is 3. The molecular weight excluding hydrogens is 466 g/mol. The average molecular weight is 488 g/mol. The number of hydrogen-bond acceptors (Lipinski definition) is 5. The lowest BCUT2D eigenvalue weighted by atomic mass is 9.99. The number of aromatic nitrogens is 1. The van der Waals surface area contributed by atoms with Crippen LogP contribution in [0.25, 0.3) is 0 Å². The van der Waals surface area contributed by atoms with E-state index in [1.54, 1.807) is 0 Å². The van der Waals surface area contributed by atoms with Gasteiger partial charge in [0.2, 0.25) is 0 Å². The molecule has 1 aromatic carbocycles. The highest BCUT2D eigenvalue weighted by atomic mass is 19.4. The van der Waals surface area contributed by atoms with Crippen LogP contribution in [0.2, 0.25) is 0 Å². The second-order valence-corrected chi connectivity index (χ2v) is 8.73. The second-order valence-electron chi connectivity index (χ2n) is 8.73. The van der Waals surface area contributed by atoms with Crippen molar-refractivity contribution in [3.8, 4) is 5.75 Å². The molecule has 4 heterocycles. The molecule has 0 saturated carbocycles. The van der Waals surface area contributed by atoms with Gasteiger partial charge in [0, 0.05) is 31.1 Å². The molecule has 0 aliphatic carbocycles. The van der Waals surface area contributed by atoms with Crippen LogP contribution in [0.15, 0.2) is 36.5 Å². The Morgan fingerprint density at radius 2 is 1.47 bits per heavy atom. The molecule has 11 heteroatoms. The smallest absolute Gasteiger partial charge is 0.417 e. The molecule has 1 unspecified atom stereocenters. The standard InChI is InChI=1S/C23H22F6N2O3/c24-22(25,26)13-1-5-19(18(9-13)21-32-7-8-33-21)34-17-10-15-3-4-16(11-17)31(15)20-6-2-14(12-30-20)23(27,28)29/h1-2,5-6,9,12,15-17,21H,3-4,7-8,10-11H2/t15-,16+,17?. The maximum Gasteiger partial charge on any atom is 0.417 e. The Morgan fingerprint density at radius 3 is 2.03 bits per heavy atom. The maximum atomic E-state index is 13.3. The van der Waals surface area contributed by atoms with E-state index in [-0.39, 0.29) is 42.7 Å². The van der Waals surface area contributed by atoms with Gasteiger partial charge in [0.05, 0.1) is 29.9 Å². The third-order valence-corrected chi connectivity index (χ3v) is 6.54. The zero-order valence-electron chi connectivity index (χ0n) is 17.9. The summed E-state index contributed by atoms with van der Waals surface area (Å²) < 4.78 is 95.4. The fourth-order valence-electron chi connectivity index (χ4n) is 5.04. The van der Waals surface area contributed by atoms with Crippen LogP contribution in [-0.2, 0) is 21.8 Å². The quantitative estimate of drug-likeness (QED) is 0.514. The Bertz CT molecular complexity index is 1010. The summed E-state index contributed by atoms with van der Waals surface area (Å²) in [4.78, 5) is 6.08. The number of anilines is 1. The molecule has 184 valence electrons. The van der Waals surface area contributed by atoms with Crippen molar-refractivity contribution in [1.29, 1.82) is 0 Å². The minimum Gasteiger partial charge on any atom is -0.490 e. The Labute approximate surface area is 191 Å². The number of halogens is 6. The van der Waals surface area contributed by atoms with Gasteiger partial charge in [0.25, 0.3) is 0 Å². The highest BCUT2D eigenvalue weighted by Gasteiger charge is 2.43. The summed E-state index contributed by atoms with van der Waals surface area (Å²) in [5.41, 5.74) is -1.41. The van der Waals surface area contributed by atoms with E-state index in [0.717, 1.165) is 37.2 Å². The third kappa shape index (κ3) is 4.55. The average Bonchev–Trinajstić information content (AvgIpc) is 3.39. The van der Waals surface area contributed by atoms with Crippen molar-refractivity contribution in [2.45, 2.75) is 62.5 Å². The number of fused-ring (bicyclic) bond motifs is 2. The predicted octanol–water partition coefficient (Wildman–Crippen LogP) is 5.74. The van der Waals surface area contributed by atoms with Gasteiger partial charge >= 0.3 is 12.4 Å². The number of pyridine rings is 1. The fourth-order valence-corrected chi connectivity index (χ4v) is 5.04. The highest BCUT2D eigenvalue weighted by Crippen LogP contribution is 2.43. The molecule has 1 aromatic heterocycles. The Morgan fingerprint density at radius 1 is 0.853 bits per heavy atom. The molecule has 2 bridgehead atoms. The van der Waals surface area contributed by atoms with Crippen LogP contribution in [0.3, 0.4) is 0 Å². The zero-order valence-corrected chi connectivity index (χ0v) is 17.9. The first-order chi connectivity index (χ1) is 16.1. The predicted molar refractivity (Wildman–Crippen MR) is 108 cm³/mol. The maximum absolute atomic E-state index is 13.3. The summed E-state index contributed by atoms with van der Waals surface area (Å²) in [6.07, 6.45) is -6.48. The summed E-state index contributed by atoms with van der Waals surface area (Å²) in [6, 6.07) is 5.73. The van der Waals surface area contributed by atoms with E-state index in [1.165, 1.54) is 12.1 Å². The largest absolute Gasteiger partial charge is 0.490 e. The molecule has 3 aliphatic heterocycles. The summed E-state index contributed by atoms with van der Waals surface area (Å²) in [7, 11) is 0. The van der Waals surface area contributed by atoms with E-state index in [4.69, 9.17) is 14.2 Å². The molecule has 3 aliphatic rings. The van der Waals surface area contributed by atoms with Gasteiger partial charge in [-0.05, 0) is 43.2 Å². The van der Waals surface area contributed by atoms with Crippen LogP contribution in [-0.4, -0.2) is 36.4 Å². The van der Waals surface area contributed by atoms with Crippen LogP contribution in [0, 0.1) is 0 Å². The van der Waals surface area contributed by atoms with E-state index in [2.05, 4.69) is 4.98 Å². The Balaban J connectivity index is 1.33. The zero-order chi connectivity index (χ0) is 24.1. The van der Waals surface area contributed by atoms with E-state index in [0.29, 0.717) is 18.7 Å². The van der Waals surface area contributed by atoms with Gasteiger partial charge in [-0.25, -0.2) is 4.98 Å². The van der Waals surface area contributed by atoms with E-state index >= 15 is 0 Å². The lowest BCUT2D eigenvalue weighted by Gasteiger charge is -2.40. The lowest BCUT2D eigenvalue weighted by molar-refractivity contribution is -0.138. The number of hydrogen-bond donors (Lipinski definition) is 0. The summed E-state index contributed by atoms with van der Waals surface area (Å²) >= 11 is 0. The molecule has 34 heavy (non-hydrogen) atoms. The molecule has 5 nitrogen and oxygen atoms in total. The Kier molecular flexibility index (Phi) is 5.87. The summed E-state index contributed by atoms with van der Waals surface area (Å²) in [5.74, 6) is 0.771. The van der Waals surface area contributed by atoms with Gasteiger partial charge in [0.1, 0.15) is 17.7 Å². The van der Waals surface area contributed by atoms with Crippen molar-refractivity contribution in [3.63, 3.8) is 0 Å². The van der Waals surface area contributed by atoms with Crippen LogP contribution < -0.4 is 9.64 Å². The van der Waals surface area contributed by atoms with Crippen molar-refractivity contribution in [1.82, 2.24) is 4.98 Å². The fraction of sp³-hybridized carbons (Fsp3) is 0.522. The molecule has 3 saturated heterocycles. The van der Waals surface area contributed by atoms with Gasteiger partial charge in [-0.15, -0.1) is 0 Å². The topological polar surface area (TPSA) is 43.8 Å². The highest BCUT2D eigenvalue weighted by molar-refractivity contribution is 5.45. The third-order valence-electron chi connectivity index (χ3n) is 6.54. The second kappa shape index (κ2) is 8.60. The molecular formula is C23H22F6N2O3. The van der Waals surface area contributed by atoms with Crippen LogP contribution in [0.4, 0.5) is 32.2 Å². The number of benzene rings is 1. The number of nitrogens with zero attached hydrogens (tertiary/aromatic N) is 2. The van der Waals surface area contributed by atoms with Gasteiger partial charge < -0.3 is 19.1 Å². The molecule has 5 rings (SSSR count). The summed E-state index contributed by atoms with van der Waals surface area (Å²) in [5, 5.41) is 0. The van der Waals surface area contributed by atoms with Crippen molar-refractivity contribution in [2.24, 2.45) is 0 Å². The first-order valence-electron chi connectivity index (χ1n) is 11.0. The van der Waals surface area contributed by atoms with E-state index < -0.39 is 29.8 Å². The first-order valence-corrected chi connectivity index (χ1v) is 11.0. The van der Waals surface area contributed by atoms with Gasteiger partial charge in [-0.1, -0.05) is 0 Å². The molecule has 3 atom stereocenters. The normalized spacial score (nSPS) is 25.7. The molecule has 3 fully saturated rings. The van der Waals surface area contributed by atoms with Crippen molar-refractivity contribution in [2.75, 3.05) is 18.1 Å². The van der Waals surface area contributed by atoms with Gasteiger partial charge in [-0.2, -0.15) is 26.3 Å². The monoisotopic (exact) mass is 488 g/mol. The number of rotatable bonds is 4. The van der Waals surface area contributed by atoms with E-state index in [1.807, 2.05) is 4.90 Å². The molecule has 0 radical (unpaired) electrons. The van der Waals surface area contributed by atoms with Crippen molar-refractivity contribution in [3.05, 3.63) is 53.2 Å². The van der Waals surface area contributed by atoms with Crippen molar-refractivity contribution >= 4 is 5.82 Å². The van der Waals surface area contributed by atoms with E-state index in [9.17, 15) is 26.3 Å². The van der Waals surface area contributed by atoms with Crippen molar-refractivity contribution < 1.29 is 40.6 Å². The molecule has 0 spiro atoms. The molecule has 0 N–H and O–H groups in total.